The molecule has 0 atom stereocenters. The zero-order chi connectivity index (χ0) is 19.5. The predicted octanol–water partition coefficient (Wildman–Crippen LogP) is 4.21. The van der Waals surface area contributed by atoms with Crippen molar-refractivity contribution in [3.05, 3.63) is 48.0 Å². The van der Waals surface area contributed by atoms with E-state index in [2.05, 4.69) is 52.5 Å². The molecule has 1 fully saturated rings. The first-order valence-corrected chi connectivity index (χ1v) is 11.4. The highest BCUT2D eigenvalue weighted by Crippen LogP contribution is 2.26. The van der Waals surface area contributed by atoms with Crippen LogP contribution >= 0.6 is 0 Å². The van der Waals surface area contributed by atoms with Crippen molar-refractivity contribution in [3.8, 4) is 0 Å². The zero-order valence-corrected chi connectivity index (χ0v) is 17.5. The largest absolute Gasteiger partial charge is 0.312 e. The van der Waals surface area contributed by atoms with Crippen LogP contribution in [0.1, 0.15) is 52.0 Å². The molecule has 27 heavy (non-hydrogen) atoms. The summed E-state index contributed by atoms with van der Waals surface area (Å²) in [6, 6.07) is 15.1. The van der Waals surface area contributed by atoms with Crippen molar-refractivity contribution in [2.45, 2.75) is 63.8 Å². The number of hydrogen-bond acceptors (Lipinski definition) is 3. The Hall–Kier alpha value is -1.43. The van der Waals surface area contributed by atoms with E-state index >= 15 is 0 Å². The monoisotopic (exact) mass is 388 g/mol. The van der Waals surface area contributed by atoms with E-state index in [0.29, 0.717) is 5.92 Å². The van der Waals surface area contributed by atoms with Gasteiger partial charge in [-0.3, -0.25) is 0 Å². The van der Waals surface area contributed by atoms with E-state index in [0.717, 1.165) is 38.8 Å². The van der Waals surface area contributed by atoms with E-state index < -0.39 is 14.8 Å². The van der Waals surface area contributed by atoms with Crippen molar-refractivity contribution in [1.82, 2.24) is 10.0 Å². The molecular formula is C22H32N2O2S. The van der Waals surface area contributed by atoms with E-state index in [4.69, 9.17) is 0 Å². The highest BCUT2D eigenvalue weighted by Gasteiger charge is 2.32. The Morgan fingerprint density at radius 2 is 1.63 bits per heavy atom. The molecule has 2 aromatic rings. The van der Waals surface area contributed by atoms with Gasteiger partial charge in [0.15, 0.2) is 0 Å². The van der Waals surface area contributed by atoms with Gasteiger partial charge in [0, 0.05) is 12.6 Å². The minimum Gasteiger partial charge on any atom is -0.312 e. The first-order chi connectivity index (χ1) is 12.7. The molecule has 2 aromatic carbocycles. The van der Waals surface area contributed by atoms with Gasteiger partial charge in [-0.2, -0.15) is 0 Å². The molecule has 0 unspecified atom stereocenters. The lowest BCUT2D eigenvalue weighted by Crippen LogP contribution is -2.46. The van der Waals surface area contributed by atoms with Crippen molar-refractivity contribution < 1.29 is 8.42 Å². The average molecular weight is 389 g/mol. The lowest BCUT2D eigenvalue weighted by molar-refractivity contribution is 0.301. The summed E-state index contributed by atoms with van der Waals surface area (Å²) in [7, 11) is -3.25. The van der Waals surface area contributed by atoms with Crippen LogP contribution in [0, 0.1) is 5.92 Å². The molecule has 0 amide bonds. The fraction of sp³-hybridized carbons (Fsp3) is 0.545. The van der Waals surface area contributed by atoms with E-state index in [-0.39, 0.29) is 6.04 Å². The fourth-order valence-electron chi connectivity index (χ4n) is 3.65. The minimum atomic E-state index is -3.25. The highest BCUT2D eigenvalue weighted by atomic mass is 32.2. The second-order valence-electron chi connectivity index (χ2n) is 8.76. The number of nitrogens with one attached hydrogen (secondary N) is 2. The molecule has 1 saturated carbocycles. The topological polar surface area (TPSA) is 58.2 Å². The zero-order valence-electron chi connectivity index (χ0n) is 16.7. The summed E-state index contributed by atoms with van der Waals surface area (Å²) >= 11 is 0. The third-order valence-corrected chi connectivity index (χ3v) is 7.81. The summed E-state index contributed by atoms with van der Waals surface area (Å²) in [4.78, 5) is 0. The quantitative estimate of drug-likeness (QED) is 0.779. The van der Waals surface area contributed by atoms with Crippen molar-refractivity contribution in [1.29, 1.82) is 0 Å². The molecule has 2 N–H and O–H groups in total. The van der Waals surface area contributed by atoms with E-state index in [1.54, 1.807) is 20.8 Å². The number of hydrogen-bond donors (Lipinski definition) is 2. The third kappa shape index (κ3) is 5.31. The molecule has 5 heteroatoms. The Morgan fingerprint density at radius 1 is 0.963 bits per heavy atom. The van der Waals surface area contributed by atoms with Crippen LogP contribution in [0.3, 0.4) is 0 Å². The lowest BCUT2D eigenvalue weighted by atomic mass is 9.86. The van der Waals surface area contributed by atoms with Crippen molar-refractivity contribution in [3.63, 3.8) is 0 Å². The average Bonchev–Trinajstić information content (AvgIpc) is 2.62. The second-order valence-corrected chi connectivity index (χ2v) is 11.2. The van der Waals surface area contributed by atoms with Crippen LogP contribution in [0.4, 0.5) is 0 Å². The molecule has 3 rings (SSSR count). The molecule has 1 aliphatic carbocycles. The normalized spacial score (nSPS) is 21.4. The molecule has 0 saturated heterocycles. The Morgan fingerprint density at radius 3 is 2.30 bits per heavy atom. The predicted molar refractivity (Wildman–Crippen MR) is 113 cm³/mol. The van der Waals surface area contributed by atoms with Crippen molar-refractivity contribution in [2.75, 3.05) is 6.54 Å². The van der Waals surface area contributed by atoms with E-state index in [9.17, 15) is 8.42 Å². The second kappa shape index (κ2) is 8.29. The van der Waals surface area contributed by atoms with Gasteiger partial charge in [-0.25, -0.2) is 13.1 Å². The summed E-state index contributed by atoms with van der Waals surface area (Å²) in [6.07, 6.45) is 4.00. The summed E-state index contributed by atoms with van der Waals surface area (Å²) in [5, 5.41) is 6.14. The summed E-state index contributed by atoms with van der Waals surface area (Å²) in [6.45, 7) is 7.11. The fourth-order valence-corrected chi connectivity index (χ4v) is 4.68. The maximum absolute atomic E-state index is 12.3. The summed E-state index contributed by atoms with van der Waals surface area (Å²) in [5.74, 6) is 0.626. The Bertz CT molecular complexity index is 863. The molecule has 0 heterocycles. The van der Waals surface area contributed by atoms with Crippen LogP contribution < -0.4 is 10.0 Å². The van der Waals surface area contributed by atoms with Crippen LogP contribution in [0.25, 0.3) is 10.8 Å². The van der Waals surface area contributed by atoms with Crippen LogP contribution in [-0.4, -0.2) is 25.8 Å². The summed E-state index contributed by atoms with van der Waals surface area (Å²) < 4.78 is 26.8. The van der Waals surface area contributed by atoms with Crippen molar-refractivity contribution >= 4 is 20.8 Å². The number of benzene rings is 2. The van der Waals surface area contributed by atoms with Gasteiger partial charge in [0.05, 0.1) is 4.75 Å². The molecule has 148 valence electrons. The smallest absolute Gasteiger partial charge is 0.216 e. The number of rotatable bonds is 6. The van der Waals surface area contributed by atoms with Crippen molar-refractivity contribution in [2.24, 2.45) is 5.92 Å². The molecule has 0 aromatic heterocycles. The first kappa shape index (κ1) is 20.3. The maximum Gasteiger partial charge on any atom is 0.216 e. The third-order valence-electron chi connectivity index (χ3n) is 5.55. The molecule has 1 aliphatic rings. The SMILES string of the molecule is CC(C)(C)S(=O)(=O)N[C@H]1CC[C@H](CNCc2ccc3ccccc3c2)CC1. The summed E-state index contributed by atoms with van der Waals surface area (Å²) in [5.41, 5.74) is 1.31. The molecule has 0 radical (unpaired) electrons. The van der Waals surface area contributed by atoms with Gasteiger partial charge in [0.1, 0.15) is 0 Å². The van der Waals surface area contributed by atoms with E-state index in [1.807, 2.05) is 0 Å². The molecule has 0 bridgehead atoms. The van der Waals surface area contributed by atoms with Gasteiger partial charge >= 0.3 is 0 Å². The Labute approximate surface area is 163 Å². The molecule has 0 aliphatic heterocycles. The van der Waals surface area contributed by atoms with Crippen LogP contribution in [0.15, 0.2) is 42.5 Å². The van der Waals surface area contributed by atoms with Gasteiger partial charge < -0.3 is 5.32 Å². The Kier molecular flexibility index (Phi) is 6.24. The lowest BCUT2D eigenvalue weighted by Gasteiger charge is -2.31. The van der Waals surface area contributed by atoms with Crippen LogP contribution in [0.2, 0.25) is 0 Å². The van der Waals surface area contributed by atoms with E-state index in [1.165, 1.54) is 16.3 Å². The standard InChI is InChI=1S/C22H32N2O2S/c1-22(2,3)27(25,26)24-21-12-9-17(10-13-21)15-23-16-18-8-11-19-6-4-5-7-20(19)14-18/h4-8,11,14,17,21,23-24H,9-10,12-13,15-16H2,1-3H3/t17-,21-. The number of fused-ring (bicyclic) bond motifs is 1. The first-order valence-electron chi connectivity index (χ1n) is 9.95. The van der Waals surface area contributed by atoms with Gasteiger partial charge in [-0.05, 0) is 81.3 Å². The van der Waals surface area contributed by atoms with Gasteiger partial charge in [-0.1, -0.05) is 36.4 Å². The van der Waals surface area contributed by atoms with Crippen LogP contribution in [0.5, 0.6) is 0 Å². The van der Waals surface area contributed by atoms with Crippen LogP contribution in [-0.2, 0) is 16.6 Å². The maximum atomic E-state index is 12.3. The van der Waals surface area contributed by atoms with Gasteiger partial charge in [-0.15, -0.1) is 0 Å². The Balaban J connectivity index is 1.43. The molecule has 4 nitrogen and oxygen atoms in total. The molecular weight excluding hydrogens is 356 g/mol. The minimum absolute atomic E-state index is 0.0889. The van der Waals surface area contributed by atoms with Gasteiger partial charge in [0.2, 0.25) is 10.0 Å². The van der Waals surface area contributed by atoms with Gasteiger partial charge in [0.25, 0.3) is 0 Å². The molecule has 0 spiro atoms. The highest BCUT2D eigenvalue weighted by molar-refractivity contribution is 7.90. The number of sulfonamides is 1.